The van der Waals surface area contributed by atoms with Gasteiger partial charge in [0.1, 0.15) is 0 Å². The van der Waals surface area contributed by atoms with Gasteiger partial charge in [0.2, 0.25) is 0 Å². The minimum atomic E-state index is 0.319. The summed E-state index contributed by atoms with van der Waals surface area (Å²) < 4.78 is 0. The van der Waals surface area contributed by atoms with Gasteiger partial charge in [-0.2, -0.15) is 0 Å². The molecule has 0 unspecified atom stereocenters. The van der Waals surface area contributed by atoms with E-state index in [1.165, 1.54) is 12.8 Å². The average Bonchev–Trinajstić information content (AvgIpc) is 2.06. The Labute approximate surface area is 101 Å². The molecule has 0 spiro atoms. The van der Waals surface area contributed by atoms with E-state index in [2.05, 4.69) is 51.1 Å². The molecule has 0 rings (SSSR count). The van der Waals surface area contributed by atoms with Crippen molar-refractivity contribution in [1.29, 1.82) is 0 Å². The number of unbranched alkanes of at least 4 members (excludes halogenated alkanes) is 1. The van der Waals surface area contributed by atoms with Gasteiger partial charge in [0.25, 0.3) is 0 Å². The number of rotatable bonds is 2. The van der Waals surface area contributed by atoms with Gasteiger partial charge < -0.3 is 5.11 Å². The fourth-order valence-electron chi connectivity index (χ4n) is 0. The van der Waals surface area contributed by atoms with E-state index in [4.69, 9.17) is 5.11 Å². The first kappa shape index (κ1) is 18.8. The Bertz CT molecular complexity index is 28.9. The zero-order chi connectivity index (χ0) is 9.54. The van der Waals surface area contributed by atoms with Crippen LogP contribution in [0.3, 0.4) is 0 Å². The summed E-state index contributed by atoms with van der Waals surface area (Å²) in [4.78, 5) is 0. The standard InChI is InChI=1S/C4H10.C3H8O.I3/c1-3-4-2;1-2-3-4;1-3-2/h3-4H2,1-2H3;4H,2-3H2,1H3;/q;;-1. The second-order valence-electron chi connectivity index (χ2n) is 1.78. The monoisotopic (exact) mass is 499 g/mol. The van der Waals surface area contributed by atoms with Crippen LogP contribution in [0.15, 0.2) is 0 Å². The van der Waals surface area contributed by atoms with Crippen LogP contribution in [0.2, 0.25) is 0 Å². The summed E-state index contributed by atoms with van der Waals surface area (Å²) in [6, 6.07) is 0. The maximum atomic E-state index is 7.88. The van der Waals surface area contributed by atoms with Crippen molar-refractivity contribution >= 4 is 37.2 Å². The van der Waals surface area contributed by atoms with E-state index < -0.39 is 0 Å². The summed E-state index contributed by atoms with van der Waals surface area (Å²) in [6.07, 6.45) is 3.51. The zero-order valence-corrected chi connectivity index (χ0v) is 13.9. The van der Waals surface area contributed by atoms with Crippen molar-refractivity contribution in [2.75, 3.05) is 6.61 Å². The van der Waals surface area contributed by atoms with E-state index in [1.807, 2.05) is 6.92 Å². The Morgan fingerprint density at radius 2 is 1.18 bits per heavy atom. The minimum absolute atomic E-state index is 0.319. The molecule has 0 aliphatic heterocycles. The number of halogens is 3. The second kappa shape index (κ2) is 29.5. The summed E-state index contributed by atoms with van der Waals surface area (Å²) in [5.41, 5.74) is 0. The predicted octanol–water partition coefficient (Wildman–Crippen LogP) is 0.971. The molecule has 0 aliphatic rings. The van der Waals surface area contributed by atoms with E-state index in [-0.39, 0.29) is 0 Å². The van der Waals surface area contributed by atoms with Crippen molar-refractivity contribution in [2.24, 2.45) is 0 Å². The molecule has 0 radical (unpaired) electrons. The normalized spacial score (nSPS) is 7.45. The Morgan fingerprint density at radius 1 is 1.00 bits per heavy atom. The van der Waals surface area contributed by atoms with Crippen LogP contribution in [0.25, 0.3) is 0 Å². The molecular weight excluding hydrogens is 481 g/mol. The van der Waals surface area contributed by atoms with Gasteiger partial charge in [-0.25, -0.2) is 0 Å². The molecule has 11 heavy (non-hydrogen) atoms. The van der Waals surface area contributed by atoms with E-state index in [0.717, 1.165) is 6.42 Å². The van der Waals surface area contributed by atoms with Gasteiger partial charge in [-0.3, -0.25) is 0 Å². The molecule has 0 amide bonds. The third-order valence-corrected chi connectivity index (χ3v) is 0.724. The molecular formula is C7H18I3O-. The Hall–Kier alpha value is 2.15. The number of aliphatic hydroxyl groups is 1. The fraction of sp³-hybridized carbons (Fsp3) is 1.00. The predicted molar refractivity (Wildman–Crippen MR) is 66.0 cm³/mol. The van der Waals surface area contributed by atoms with Gasteiger partial charge in [0.15, 0.2) is 0 Å². The molecule has 0 bridgehead atoms. The maximum absolute atomic E-state index is 7.88. The molecule has 1 N–H and O–H groups in total. The molecule has 4 heteroatoms. The summed E-state index contributed by atoms with van der Waals surface area (Å²) >= 11 is 5.30. The van der Waals surface area contributed by atoms with Gasteiger partial charge in [-0.1, -0.05) is 33.6 Å². The SMILES string of the molecule is CCCC.CCCO.I[I-]I. The average molecular weight is 499 g/mol. The van der Waals surface area contributed by atoms with Crippen LogP contribution in [-0.4, -0.2) is 11.7 Å². The first-order chi connectivity index (χ1) is 5.24. The topological polar surface area (TPSA) is 20.2 Å². The van der Waals surface area contributed by atoms with Crippen molar-refractivity contribution in [1.82, 2.24) is 0 Å². The van der Waals surface area contributed by atoms with Crippen LogP contribution in [0.1, 0.15) is 40.0 Å². The molecule has 0 saturated heterocycles. The quantitative estimate of drug-likeness (QED) is 0.563. The van der Waals surface area contributed by atoms with Crippen LogP contribution in [0.4, 0.5) is 0 Å². The second-order valence-corrected chi connectivity index (χ2v) is 18.0. The third kappa shape index (κ3) is 72.7. The molecule has 0 aliphatic carbocycles. The molecule has 74 valence electrons. The van der Waals surface area contributed by atoms with E-state index in [9.17, 15) is 0 Å². The first-order valence-corrected chi connectivity index (χ1v) is 16.3. The van der Waals surface area contributed by atoms with Crippen molar-refractivity contribution in [2.45, 2.75) is 40.0 Å². The Morgan fingerprint density at radius 3 is 1.18 bits per heavy atom. The van der Waals surface area contributed by atoms with Crippen LogP contribution in [0, 0.1) is 0 Å². The molecule has 0 aromatic carbocycles. The van der Waals surface area contributed by atoms with E-state index in [0.29, 0.717) is 19.9 Å². The molecule has 0 aromatic rings. The zero-order valence-electron chi connectivity index (χ0n) is 7.41. The summed E-state index contributed by atoms with van der Waals surface area (Å²) in [6.45, 7) is 6.61. The summed E-state index contributed by atoms with van der Waals surface area (Å²) in [7, 11) is 0. The molecule has 0 saturated carbocycles. The molecule has 0 heterocycles. The first-order valence-electron chi connectivity index (χ1n) is 3.72. The third-order valence-electron chi connectivity index (χ3n) is 0.724. The number of hydrogen-bond donors (Lipinski definition) is 1. The van der Waals surface area contributed by atoms with Gasteiger partial charge in [0.05, 0.1) is 0 Å². The van der Waals surface area contributed by atoms with Crippen LogP contribution in [-0.2, 0) is 0 Å². The summed E-state index contributed by atoms with van der Waals surface area (Å²) in [5.74, 6) is 0. The molecule has 0 aromatic heterocycles. The molecule has 0 atom stereocenters. The Balaban J connectivity index is -0.0000000886. The van der Waals surface area contributed by atoms with Crippen LogP contribution < -0.4 is 13.3 Å². The van der Waals surface area contributed by atoms with E-state index >= 15 is 0 Å². The number of hydrogen-bond acceptors (Lipinski definition) is 1. The van der Waals surface area contributed by atoms with Gasteiger partial charge in [0, 0.05) is 6.61 Å². The van der Waals surface area contributed by atoms with Crippen LogP contribution in [0.5, 0.6) is 0 Å². The van der Waals surface area contributed by atoms with Gasteiger partial charge in [-0.05, 0) is 6.42 Å². The molecule has 1 nitrogen and oxygen atoms in total. The van der Waals surface area contributed by atoms with Crippen molar-refractivity contribution in [3.05, 3.63) is 0 Å². The Kier molecular flexibility index (Phi) is 50.6. The fourth-order valence-corrected chi connectivity index (χ4v) is 0. The van der Waals surface area contributed by atoms with Crippen molar-refractivity contribution in [3.8, 4) is 0 Å². The number of aliphatic hydroxyl groups excluding tert-OH is 1. The van der Waals surface area contributed by atoms with Gasteiger partial charge >= 0.3 is 50.5 Å². The van der Waals surface area contributed by atoms with Gasteiger partial charge in [-0.15, -0.1) is 0 Å². The van der Waals surface area contributed by atoms with Crippen LogP contribution >= 0.6 is 37.2 Å². The van der Waals surface area contributed by atoms with E-state index in [1.54, 1.807) is 0 Å². The van der Waals surface area contributed by atoms with Crippen molar-refractivity contribution in [3.63, 3.8) is 0 Å². The van der Waals surface area contributed by atoms with Crippen molar-refractivity contribution < 1.29 is 18.4 Å². The summed E-state index contributed by atoms with van der Waals surface area (Å²) in [5, 5.41) is 7.88. The molecule has 0 fully saturated rings.